The van der Waals surface area contributed by atoms with Gasteiger partial charge in [0.2, 0.25) is 5.91 Å². The fourth-order valence-corrected chi connectivity index (χ4v) is 3.19. The molecule has 138 valence electrons. The van der Waals surface area contributed by atoms with Crippen LogP contribution in [0.2, 0.25) is 0 Å². The van der Waals surface area contributed by atoms with E-state index in [-0.39, 0.29) is 5.91 Å². The van der Waals surface area contributed by atoms with Crippen LogP contribution < -0.4 is 15.0 Å². The zero-order valence-electron chi connectivity index (χ0n) is 15.4. The summed E-state index contributed by atoms with van der Waals surface area (Å²) < 4.78 is 5.20. The molecule has 5 heteroatoms. The first-order valence-corrected chi connectivity index (χ1v) is 9.17. The maximum Gasteiger partial charge on any atom is 0.223 e. The van der Waals surface area contributed by atoms with Crippen LogP contribution in [0.15, 0.2) is 54.6 Å². The van der Waals surface area contributed by atoms with Crippen LogP contribution in [0.5, 0.6) is 5.75 Å². The molecule has 0 aromatic heterocycles. The molecule has 0 saturated carbocycles. The first kappa shape index (κ1) is 18.3. The average Bonchev–Trinajstić information content (AvgIpc) is 2.72. The van der Waals surface area contributed by atoms with Crippen molar-refractivity contribution >= 4 is 11.6 Å². The molecule has 0 aliphatic carbocycles. The molecule has 0 bridgehead atoms. The van der Waals surface area contributed by atoms with Gasteiger partial charge in [0.25, 0.3) is 0 Å². The van der Waals surface area contributed by atoms with Gasteiger partial charge in [0.15, 0.2) is 0 Å². The number of piperazine rings is 1. The minimum Gasteiger partial charge on any atom is -0.497 e. The molecule has 0 radical (unpaired) electrons. The summed E-state index contributed by atoms with van der Waals surface area (Å²) in [5.74, 6) is 1.10. The van der Waals surface area contributed by atoms with E-state index in [1.165, 1.54) is 11.3 Å². The number of nitrogens with zero attached hydrogens (tertiary/aromatic N) is 2. The number of carbonyl (C=O) groups excluding carboxylic acids is 1. The van der Waals surface area contributed by atoms with Gasteiger partial charge in [-0.1, -0.05) is 30.3 Å². The van der Waals surface area contributed by atoms with Crippen molar-refractivity contribution in [1.82, 2.24) is 10.2 Å². The Morgan fingerprint density at radius 1 is 1.00 bits per heavy atom. The number of hydrogen-bond donors (Lipinski definition) is 1. The molecule has 3 rings (SSSR count). The zero-order chi connectivity index (χ0) is 18.2. The van der Waals surface area contributed by atoms with E-state index in [4.69, 9.17) is 4.74 Å². The summed E-state index contributed by atoms with van der Waals surface area (Å²) in [5.41, 5.74) is 2.43. The van der Waals surface area contributed by atoms with Gasteiger partial charge in [-0.2, -0.15) is 0 Å². The van der Waals surface area contributed by atoms with Gasteiger partial charge in [0.1, 0.15) is 5.75 Å². The van der Waals surface area contributed by atoms with Crippen molar-refractivity contribution in [1.29, 1.82) is 0 Å². The summed E-state index contributed by atoms with van der Waals surface area (Å²) in [5, 5.41) is 3.35. The summed E-state index contributed by atoms with van der Waals surface area (Å²) in [6, 6.07) is 18.4. The monoisotopic (exact) mass is 353 g/mol. The predicted octanol–water partition coefficient (Wildman–Crippen LogP) is 2.52. The molecule has 2 aromatic rings. The predicted molar refractivity (Wildman–Crippen MR) is 105 cm³/mol. The molecular formula is C21H27N3O2. The number of hydrogen-bond acceptors (Lipinski definition) is 4. The van der Waals surface area contributed by atoms with E-state index in [9.17, 15) is 4.79 Å². The molecule has 0 unspecified atom stereocenters. The molecule has 1 aliphatic heterocycles. The lowest BCUT2D eigenvalue weighted by atomic mass is 10.2. The molecule has 1 fully saturated rings. The van der Waals surface area contributed by atoms with Gasteiger partial charge >= 0.3 is 0 Å². The lowest BCUT2D eigenvalue weighted by Crippen LogP contribution is -2.49. The van der Waals surface area contributed by atoms with Gasteiger partial charge in [0.05, 0.1) is 7.11 Å². The molecule has 1 saturated heterocycles. The Bertz CT molecular complexity index is 680. The van der Waals surface area contributed by atoms with Crippen molar-refractivity contribution in [2.75, 3.05) is 44.7 Å². The zero-order valence-corrected chi connectivity index (χ0v) is 15.4. The second-order valence-corrected chi connectivity index (χ2v) is 6.48. The molecule has 1 amide bonds. The minimum absolute atomic E-state index is 0.236. The van der Waals surface area contributed by atoms with Crippen molar-refractivity contribution in [3.63, 3.8) is 0 Å². The van der Waals surface area contributed by atoms with Crippen molar-refractivity contribution in [2.45, 2.75) is 13.0 Å². The Morgan fingerprint density at radius 3 is 2.35 bits per heavy atom. The summed E-state index contributed by atoms with van der Waals surface area (Å²) in [6.07, 6.45) is 0.551. The first-order chi connectivity index (χ1) is 12.8. The van der Waals surface area contributed by atoms with Gasteiger partial charge in [-0.3, -0.25) is 4.79 Å². The third-order valence-corrected chi connectivity index (χ3v) is 4.76. The maximum absolute atomic E-state index is 12.4. The number of benzene rings is 2. The maximum atomic E-state index is 12.4. The number of ether oxygens (including phenoxy) is 1. The Balaban J connectivity index is 1.37. The van der Waals surface area contributed by atoms with Gasteiger partial charge in [-0.15, -0.1) is 0 Å². The SMILES string of the molecule is COc1ccc(N2CCN(C(=O)CCNCc3ccccc3)CC2)cc1. The van der Waals surface area contributed by atoms with E-state index in [0.717, 1.165) is 38.5 Å². The van der Waals surface area contributed by atoms with Crippen molar-refractivity contribution in [3.8, 4) is 5.75 Å². The number of methoxy groups -OCH3 is 1. The molecule has 5 nitrogen and oxygen atoms in total. The molecule has 0 atom stereocenters. The fourth-order valence-electron chi connectivity index (χ4n) is 3.19. The van der Waals surface area contributed by atoms with Crippen LogP contribution in [0, 0.1) is 0 Å². The molecule has 1 aliphatic rings. The summed E-state index contributed by atoms with van der Waals surface area (Å²) in [6.45, 7) is 4.82. The highest BCUT2D eigenvalue weighted by Crippen LogP contribution is 2.20. The number of carbonyl (C=O) groups is 1. The largest absolute Gasteiger partial charge is 0.497 e. The van der Waals surface area contributed by atoms with Crippen LogP contribution in [0.3, 0.4) is 0 Å². The van der Waals surface area contributed by atoms with E-state index in [1.807, 2.05) is 35.2 Å². The third-order valence-electron chi connectivity index (χ3n) is 4.76. The van der Waals surface area contributed by atoms with Crippen LogP contribution >= 0.6 is 0 Å². The molecule has 1 N–H and O–H groups in total. The van der Waals surface area contributed by atoms with Crippen molar-refractivity contribution in [2.24, 2.45) is 0 Å². The molecule has 2 aromatic carbocycles. The van der Waals surface area contributed by atoms with E-state index in [0.29, 0.717) is 13.0 Å². The highest BCUT2D eigenvalue weighted by atomic mass is 16.5. The second kappa shape index (κ2) is 9.25. The lowest BCUT2D eigenvalue weighted by Gasteiger charge is -2.36. The Morgan fingerprint density at radius 2 is 1.69 bits per heavy atom. The quantitative estimate of drug-likeness (QED) is 0.777. The number of rotatable bonds is 7. The number of nitrogens with one attached hydrogen (secondary N) is 1. The molecule has 26 heavy (non-hydrogen) atoms. The Hall–Kier alpha value is -2.53. The molecule has 1 heterocycles. The van der Waals surface area contributed by atoms with E-state index >= 15 is 0 Å². The van der Waals surface area contributed by atoms with Crippen molar-refractivity contribution < 1.29 is 9.53 Å². The molecule has 0 spiro atoms. The third kappa shape index (κ3) is 4.99. The summed E-state index contributed by atoms with van der Waals surface area (Å²) >= 11 is 0. The van der Waals surface area contributed by atoms with Crippen LogP contribution in [-0.4, -0.2) is 50.6 Å². The topological polar surface area (TPSA) is 44.8 Å². The summed E-state index contributed by atoms with van der Waals surface area (Å²) in [7, 11) is 1.67. The normalized spacial score (nSPS) is 14.3. The van der Waals surface area contributed by atoms with E-state index in [1.54, 1.807) is 7.11 Å². The smallest absolute Gasteiger partial charge is 0.223 e. The van der Waals surface area contributed by atoms with Crippen LogP contribution in [0.25, 0.3) is 0 Å². The average molecular weight is 353 g/mol. The van der Waals surface area contributed by atoms with Gasteiger partial charge in [0, 0.05) is 51.4 Å². The van der Waals surface area contributed by atoms with Gasteiger partial charge in [-0.25, -0.2) is 0 Å². The fraction of sp³-hybridized carbons (Fsp3) is 0.381. The van der Waals surface area contributed by atoms with Crippen molar-refractivity contribution in [3.05, 3.63) is 60.2 Å². The first-order valence-electron chi connectivity index (χ1n) is 9.17. The summed E-state index contributed by atoms with van der Waals surface area (Å²) in [4.78, 5) is 16.7. The molecular weight excluding hydrogens is 326 g/mol. The number of amides is 1. The Kier molecular flexibility index (Phi) is 6.50. The minimum atomic E-state index is 0.236. The lowest BCUT2D eigenvalue weighted by molar-refractivity contribution is -0.131. The van der Waals surface area contributed by atoms with Crippen LogP contribution in [0.4, 0.5) is 5.69 Å². The Labute approximate surface area is 155 Å². The van der Waals surface area contributed by atoms with Gasteiger partial charge in [-0.05, 0) is 29.8 Å². The van der Waals surface area contributed by atoms with Crippen LogP contribution in [-0.2, 0) is 11.3 Å². The van der Waals surface area contributed by atoms with Crippen LogP contribution in [0.1, 0.15) is 12.0 Å². The number of anilines is 1. The highest BCUT2D eigenvalue weighted by Gasteiger charge is 2.20. The standard InChI is InChI=1S/C21H27N3O2/c1-26-20-9-7-19(8-10-20)23-13-15-24(16-14-23)21(25)11-12-22-17-18-5-3-2-4-6-18/h2-10,22H,11-17H2,1H3. The van der Waals surface area contributed by atoms with Gasteiger partial charge < -0.3 is 19.9 Å². The van der Waals surface area contributed by atoms with E-state index in [2.05, 4.69) is 34.5 Å². The second-order valence-electron chi connectivity index (χ2n) is 6.48. The highest BCUT2D eigenvalue weighted by molar-refractivity contribution is 5.76. The van der Waals surface area contributed by atoms with E-state index < -0.39 is 0 Å².